The van der Waals surface area contributed by atoms with Gasteiger partial charge in [0, 0.05) is 0 Å². The third-order valence-corrected chi connectivity index (χ3v) is 12.5. The molecule has 0 aromatic carbocycles. The summed E-state index contributed by atoms with van der Waals surface area (Å²) < 4.78 is 2.81. The molecular formula is C15H22OS2Si2. The fourth-order valence-corrected chi connectivity index (χ4v) is 7.61. The van der Waals surface area contributed by atoms with Crippen LogP contribution in [0.3, 0.4) is 0 Å². The van der Waals surface area contributed by atoms with Crippen LogP contribution in [-0.2, 0) is 0 Å². The first kappa shape index (κ1) is 15.9. The fourth-order valence-electron chi connectivity index (χ4n) is 1.85. The number of ketones is 1. The summed E-state index contributed by atoms with van der Waals surface area (Å²) in [6.45, 7) is 13.9. The third kappa shape index (κ3) is 3.39. The minimum absolute atomic E-state index is 0.203. The zero-order valence-electron chi connectivity index (χ0n) is 13.0. The van der Waals surface area contributed by atoms with E-state index in [2.05, 4.69) is 51.4 Å². The summed E-state index contributed by atoms with van der Waals surface area (Å²) >= 11 is 3.38. The molecule has 0 amide bonds. The highest BCUT2D eigenvalue weighted by Gasteiger charge is 2.24. The maximum absolute atomic E-state index is 12.6. The summed E-state index contributed by atoms with van der Waals surface area (Å²) in [6, 6.07) is 8.32. The number of thiophene rings is 2. The van der Waals surface area contributed by atoms with Gasteiger partial charge in [-0.1, -0.05) is 51.4 Å². The first-order chi connectivity index (χ1) is 9.09. The topological polar surface area (TPSA) is 17.1 Å². The standard InChI is InChI=1S/C15H22OS2Si2/c1-19(2,3)13-9-7-11(17-13)15(16)12-8-10-14(18-12)20(4,5)6/h7-10H,1-6H3. The molecule has 0 unspecified atom stereocenters. The Morgan fingerprint density at radius 1 is 0.750 bits per heavy atom. The van der Waals surface area contributed by atoms with Crippen LogP contribution in [-0.4, -0.2) is 21.9 Å². The molecule has 0 N–H and O–H groups in total. The lowest BCUT2D eigenvalue weighted by molar-refractivity contribution is 0.104. The highest BCUT2D eigenvalue weighted by Crippen LogP contribution is 2.21. The van der Waals surface area contributed by atoms with Crippen LogP contribution in [0.2, 0.25) is 39.3 Å². The first-order valence-electron chi connectivity index (χ1n) is 6.84. The van der Waals surface area contributed by atoms with Crippen LogP contribution in [0.5, 0.6) is 0 Å². The van der Waals surface area contributed by atoms with Crippen LogP contribution in [0.4, 0.5) is 0 Å². The molecule has 0 fully saturated rings. The quantitative estimate of drug-likeness (QED) is 0.605. The lowest BCUT2D eigenvalue weighted by Crippen LogP contribution is -2.34. The highest BCUT2D eigenvalue weighted by molar-refractivity contribution is 7.30. The van der Waals surface area contributed by atoms with E-state index in [0.717, 1.165) is 9.75 Å². The normalized spacial score (nSPS) is 12.7. The lowest BCUT2D eigenvalue weighted by Gasteiger charge is -2.12. The van der Waals surface area contributed by atoms with Crippen LogP contribution in [0.15, 0.2) is 24.3 Å². The molecule has 20 heavy (non-hydrogen) atoms. The summed E-state index contributed by atoms with van der Waals surface area (Å²) in [4.78, 5) is 14.4. The summed E-state index contributed by atoms with van der Waals surface area (Å²) in [6.07, 6.45) is 0. The van der Waals surface area contributed by atoms with E-state index < -0.39 is 16.1 Å². The van der Waals surface area contributed by atoms with Gasteiger partial charge in [0.15, 0.2) is 0 Å². The fraction of sp³-hybridized carbons (Fsp3) is 0.400. The van der Waals surface area contributed by atoms with Crippen molar-refractivity contribution in [1.29, 1.82) is 0 Å². The van der Waals surface area contributed by atoms with Crippen molar-refractivity contribution in [1.82, 2.24) is 0 Å². The van der Waals surface area contributed by atoms with E-state index in [4.69, 9.17) is 0 Å². The SMILES string of the molecule is C[Si](C)(C)c1ccc(C(=O)c2ccc([Si](C)(C)C)s2)s1. The second-order valence-corrected chi connectivity index (χ2v) is 20.1. The summed E-state index contributed by atoms with van der Waals surface area (Å²) in [5.74, 6) is 0.203. The van der Waals surface area contributed by atoms with Crippen molar-refractivity contribution in [2.75, 3.05) is 0 Å². The van der Waals surface area contributed by atoms with Crippen LogP contribution in [0, 0.1) is 0 Å². The number of hydrogen-bond donors (Lipinski definition) is 0. The molecule has 0 saturated heterocycles. The second-order valence-electron chi connectivity index (χ2n) is 7.16. The lowest BCUT2D eigenvalue weighted by atomic mass is 10.3. The van der Waals surface area contributed by atoms with Crippen LogP contribution in [0.25, 0.3) is 0 Å². The van der Waals surface area contributed by atoms with Gasteiger partial charge in [0.2, 0.25) is 5.78 Å². The molecule has 0 saturated carbocycles. The number of hydrogen-bond acceptors (Lipinski definition) is 3. The van der Waals surface area contributed by atoms with E-state index >= 15 is 0 Å². The van der Waals surface area contributed by atoms with Crippen molar-refractivity contribution >= 4 is 53.6 Å². The molecule has 2 rings (SSSR count). The Bertz CT molecular complexity index is 573. The molecular weight excluding hydrogens is 316 g/mol. The predicted octanol–water partition coefficient (Wildman–Crippen LogP) is 4.13. The van der Waals surface area contributed by atoms with Gasteiger partial charge in [-0.05, 0) is 21.1 Å². The van der Waals surface area contributed by atoms with E-state index in [0.29, 0.717) is 0 Å². The van der Waals surface area contributed by atoms with Crippen LogP contribution in [0.1, 0.15) is 14.5 Å². The molecule has 0 spiro atoms. The van der Waals surface area contributed by atoms with E-state index in [-0.39, 0.29) is 5.78 Å². The van der Waals surface area contributed by atoms with Crippen molar-refractivity contribution in [3.8, 4) is 0 Å². The molecule has 1 nitrogen and oxygen atoms in total. The Hall–Kier alpha value is -0.496. The minimum atomic E-state index is -1.31. The number of carbonyl (C=O) groups is 1. The molecule has 0 aliphatic carbocycles. The Labute approximate surface area is 131 Å². The molecule has 2 heterocycles. The zero-order chi connectivity index (χ0) is 15.1. The average Bonchev–Trinajstić information content (AvgIpc) is 2.96. The Morgan fingerprint density at radius 3 is 1.35 bits per heavy atom. The molecule has 2 aromatic heterocycles. The largest absolute Gasteiger partial charge is 0.287 e. The van der Waals surface area contributed by atoms with E-state index in [1.165, 1.54) is 9.00 Å². The third-order valence-electron chi connectivity index (χ3n) is 3.14. The smallest absolute Gasteiger partial charge is 0.212 e. The molecule has 2 aromatic rings. The maximum atomic E-state index is 12.6. The molecule has 0 atom stereocenters. The monoisotopic (exact) mass is 338 g/mol. The zero-order valence-corrected chi connectivity index (χ0v) is 16.7. The Kier molecular flexibility index (Phi) is 4.26. The number of rotatable bonds is 4. The van der Waals surface area contributed by atoms with Gasteiger partial charge in [0.1, 0.15) is 0 Å². The summed E-state index contributed by atoms with van der Waals surface area (Å²) in [7, 11) is -2.61. The van der Waals surface area contributed by atoms with Crippen molar-refractivity contribution in [2.24, 2.45) is 0 Å². The predicted molar refractivity (Wildman–Crippen MR) is 98.0 cm³/mol. The van der Waals surface area contributed by atoms with Gasteiger partial charge in [-0.25, -0.2) is 0 Å². The van der Waals surface area contributed by atoms with E-state index in [1.807, 2.05) is 12.1 Å². The van der Waals surface area contributed by atoms with Crippen molar-refractivity contribution in [2.45, 2.75) is 39.3 Å². The van der Waals surface area contributed by atoms with E-state index in [1.54, 1.807) is 22.7 Å². The molecule has 0 radical (unpaired) electrons. The van der Waals surface area contributed by atoms with Gasteiger partial charge in [0.05, 0.1) is 25.9 Å². The van der Waals surface area contributed by atoms with Crippen molar-refractivity contribution < 1.29 is 4.79 Å². The molecule has 0 aliphatic heterocycles. The number of carbonyl (C=O) groups excluding carboxylic acids is 1. The maximum Gasteiger partial charge on any atom is 0.212 e. The van der Waals surface area contributed by atoms with E-state index in [9.17, 15) is 4.79 Å². The van der Waals surface area contributed by atoms with Gasteiger partial charge in [-0.3, -0.25) is 4.79 Å². The summed E-state index contributed by atoms with van der Waals surface area (Å²) in [5.41, 5.74) is 0. The minimum Gasteiger partial charge on any atom is -0.287 e. The van der Waals surface area contributed by atoms with Crippen molar-refractivity contribution in [3.63, 3.8) is 0 Å². The Morgan fingerprint density at radius 2 is 1.10 bits per heavy atom. The second kappa shape index (κ2) is 5.37. The average molecular weight is 339 g/mol. The first-order valence-corrected chi connectivity index (χ1v) is 15.5. The molecule has 5 heteroatoms. The van der Waals surface area contributed by atoms with Crippen molar-refractivity contribution in [3.05, 3.63) is 34.0 Å². The molecule has 0 bridgehead atoms. The molecule has 0 aliphatic rings. The molecule has 108 valence electrons. The van der Waals surface area contributed by atoms with Gasteiger partial charge >= 0.3 is 0 Å². The van der Waals surface area contributed by atoms with Crippen LogP contribution < -0.4 is 9.00 Å². The Balaban J connectivity index is 2.28. The summed E-state index contributed by atoms with van der Waals surface area (Å²) in [5, 5.41) is 0. The van der Waals surface area contributed by atoms with Gasteiger partial charge in [0.25, 0.3) is 0 Å². The van der Waals surface area contributed by atoms with Crippen LogP contribution >= 0.6 is 22.7 Å². The van der Waals surface area contributed by atoms with Gasteiger partial charge < -0.3 is 0 Å². The van der Waals surface area contributed by atoms with Gasteiger partial charge in [-0.15, -0.1) is 22.7 Å². The van der Waals surface area contributed by atoms with Gasteiger partial charge in [-0.2, -0.15) is 0 Å². The highest BCUT2D eigenvalue weighted by atomic mass is 32.1.